The van der Waals surface area contributed by atoms with Crippen molar-refractivity contribution in [2.75, 3.05) is 27.4 Å². The summed E-state index contributed by atoms with van der Waals surface area (Å²) in [5.74, 6) is -0.0761. The lowest BCUT2D eigenvalue weighted by Gasteiger charge is -2.10. The average molecular weight is 402 g/mol. The lowest BCUT2D eigenvalue weighted by molar-refractivity contribution is -0.384. The minimum absolute atomic E-state index is 0.00886. The second kappa shape index (κ2) is 10.1. The third-order valence-electron chi connectivity index (χ3n) is 4.05. The number of carbonyl (C=O) groups excluding carboxylic acids is 2. The summed E-state index contributed by atoms with van der Waals surface area (Å²) in [6.07, 6.45) is 0.506. The lowest BCUT2D eigenvalue weighted by atomic mass is 10.1. The van der Waals surface area contributed by atoms with E-state index in [1.807, 2.05) is 6.07 Å². The zero-order chi connectivity index (χ0) is 21.4. The van der Waals surface area contributed by atoms with Crippen LogP contribution in [0.15, 0.2) is 36.4 Å². The summed E-state index contributed by atoms with van der Waals surface area (Å²) < 4.78 is 15.3. The van der Waals surface area contributed by atoms with Crippen LogP contribution in [0.25, 0.3) is 0 Å². The standard InChI is InChI=1S/C20H22N2O7/c1-4-29-20(24)15-10-14(11-16(12-15)22(25)26)19(23)21-8-7-13-5-6-17(27-2)18(9-13)28-3/h5-6,9-12H,4,7-8H2,1-3H3,(H,21,23). The summed E-state index contributed by atoms with van der Waals surface area (Å²) in [5, 5.41) is 13.8. The quantitative estimate of drug-likeness (QED) is 0.389. The van der Waals surface area contributed by atoms with Crippen molar-refractivity contribution in [1.29, 1.82) is 0 Å². The van der Waals surface area contributed by atoms with E-state index in [4.69, 9.17) is 14.2 Å². The van der Waals surface area contributed by atoms with Crippen molar-refractivity contribution in [2.45, 2.75) is 13.3 Å². The van der Waals surface area contributed by atoms with Crippen molar-refractivity contribution >= 4 is 17.6 Å². The van der Waals surface area contributed by atoms with E-state index in [-0.39, 0.29) is 30.0 Å². The number of ether oxygens (including phenoxy) is 3. The van der Waals surface area contributed by atoms with Crippen molar-refractivity contribution in [2.24, 2.45) is 0 Å². The highest BCUT2D eigenvalue weighted by atomic mass is 16.6. The molecule has 0 aliphatic heterocycles. The van der Waals surface area contributed by atoms with Crippen molar-refractivity contribution in [3.05, 3.63) is 63.2 Å². The van der Waals surface area contributed by atoms with Crippen LogP contribution in [0.3, 0.4) is 0 Å². The van der Waals surface area contributed by atoms with Gasteiger partial charge in [0.05, 0.1) is 31.3 Å². The Bertz CT molecular complexity index is 912. The van der Waals surface area contributed by atoms with Gasteiger partial charge in [-0.2, -0.15) is 0 Å². The van der Waals surface area contributed by atoms with E-state index in [1.54, 1.807) is 26.2 Å². The molecular formula is C20H22N2O7. The number of benzene rings is 2. The predicted octanol–water partition coefficient (Wildman–Crippen LogP) is 2.76. The Hall–Kier alpha value is -3.62. The van der Waals surface area contributed by atoms with Crippen LogP contribution < -0.4 is 14.8 Å². The maximum absolute atomic E-state index is 12.4. The molecule has 0 aliphatic rings. The molecule has 0 aromatic heterocycles. The fourth-order valence-electron chi connectivity index (χ4n) is 2.64. The first kappa shape index (κ1) is 21.7. The Morgan fingerprint density at radius 1 is 1.03 bits per heavy atom. The summed E-state index contributed by atoms with van der Waals surface area (Å²) in [5.41, 5.74) is 0.510. The number of nitrogens with zero attached hydrogens (tertiary/aromatic N) is 1. The number of hydrogen-bond acceptors (Lipinski definition) is 7. The van der Waals surface area contributed by atoms with Gasteiger partial charge in [0.2, 0.25) is 0 Å². The predicted molar refractivity (Wildman–Crippen MR) is 105 cm³/mol. The normalized spacial score (nSPS) is 10.2. The number of hydrogen-bond donors (Lipinski definition) is 1. The maximum Gasteiger partial charge on any atom is 0.338 e. The van der Waals surface area contributed by atoms with Crippen LogP contribution in [-0.4, -0.2) is 44.2 Å². The highest BCUT2D eigenvalue weighted by Crippen LogP contribution is 2.27. The molecule has 9 heteroatoms. The number of non-ortho nitro benzene ring substituents is 1. The van der Waals surface area contributed by atoms with E-state index in [0.29, 0.717) is 17.9 Å². The first-order valence-electron chi connectivity index (χ1n) is 8.85. The Kier molecular flexibility index (Phi) is 7.53. The summed E-state index contributed by atoms with van der Waals surface area (Å²) in [4.78, 5) is 34.8. The van der Waals surface area contributed by atoms with Gasteiger partial charge in [0.1, 0.15) is 0 Å². The Morgan fingerprint density at radius 2 is 1.72 bits per heavy atom. The van der Waals surface area contributed by atoms with Gasteiger partial charge in [-0.15, -0.1) is 0 Å². The van der Waals surface area contributed by atoms with Crippen molar-refractivity contribution in [1.82, 2.24) is 5.32 Å². The molecule has 0 saturated heterocycles. The van der Waals surface area contributed by atoms with E-state index < -0.39 is 16.8 Å². The molecule has 0 heterocycles. The molecule has 9 nitrogen and oxygen atoms in total. The third-order valence-corrected chi connectivity index (χ3v) is 4.05. The second-order valence-electron chi connectivity index (χ2n) is 5.94. The number of esters is 1. The van der Waals surface area contributed by atoms with E-state index >= 15 is 0 Å². The molecule has 0 aliphatic carbocycles. The molecule has 0 spiro atoms. The van der Waals surface area contributed by atoms with E-state index in [2.05, 4.69) is 5.32 Å². The zero-order valence-corrected chi connectivity index (χ0v) is 16.4. The first-order valence-corrected chi connectivity index (χ1v) is 8.85. The number of carbonyl (C=O) groups is 2. The Balaban J connectivity index is 2.10. The molecule has 154 valence electrons. The third kappa shape index (κ3) is 5.68. The number of methoxy groups -OCH3 is 2. The van der Waals surface area contributed by atoms with Gasteiger partial charge in [0, 0.05) is 24.2 Å². The Labute approximate surface area is 167 Å². The van der Waals surface area contributed by atoms with Gasteiger partial charge in [-0.25, -0.2) is 4.79 Å². The van der Waals surface area contributed by atoms with Gasteiger partial charge in [-0.1, -0.05) is 6.07 Å². The smallest absolute Gasteiger partial charge is 0.338 e. The number of amides is 1. The monoisotopic (exact) mass is 402 g/mol. The van der Waals surface area contributed by atoms with Gasteiger partial charge in [-0.3, -0.25) is 14.9 Å². The molecule has 0 unspecified atom stereocenters. The van der Waals surface area contributed by atoms with Crippen LogP contribution in [0.5, 0.6) is 11.5 Å². The molecule has 0 fully saturated rings. The van der Waals surface area contributed by atoms with Crippen LogP contribution >= 0.6 is 0 Å². The zero-order valence-electron chi connectivity index (χ0n) is 16.4. The SMILES string of the molecule is CCOC(=O)c1cc(C(=O)NCCc2ccc(OC)c(OC)c2)cc([N+](=O)[O-])c1. The van der Waals surface area contributed by atoms with Crippen molar-refractivity contribution < 1.29 is 28.7 Å². The van der Waals surface area contributed by atoms with Crippen LogP contribution in [0, 0.1) is 10.1 Å². The molecule has 29 heavy (non-hydrogen) atoms. The number of nitro groups is 1. The molecule has 2 aromatic rings. The van der Waals surface area contributed by atoms with Crippen LogP contribution in [0.2, 0.25) is 0 Å². The summed E-state index contributed by atoms with van der Waals surface area (Å²) >= 11 is 0. The molecular weight excluding hydrogens is 380 g/mol. The molecule has 2 rings (SSSR count). The molecule has 0 radical (unpaired) electrons. The molecule has 0 bridgehead atoms. The summed E-state index contributed by atoms with van der Waals surface area (Å²) in [7, 11) is 3.08. The van der Waals surface area contributed by atoms with E-state index in [9.17, 15) is 19.7 Å². The molecule has 0 saturated carbocycles. The van der Waals surface area contributed by atoms with Crippen LogP contribution in [0.1, 0.15) is 33.2 Å². The molecule has 1 amide bonds. The highest BCUT2D eigenvalue weighted by molar-refractivity contribution is 5.99. The largest absolute Gasteiger partial charge is 0.493 e. The van der Waals surface area contributed by atoms with Crippen molar-refractivity contribution in [3.63, 3.8) is 0 Å². The van der Waals surface area contributed by atoms with Gasteiger partial charge >= 0.3 is 5.97 Å². The second-order valence-corrected chi connectivity index (χ2v) is 5.94. The minimum atomic E-state index is -0.726. The van der Waals surface area contributed by atoms with Crippen molar-refractivity contribution in [3.8, 4) is 11.5 Å². The van der Waals surface area contributed by atoms with Gasteiger partial charge in [-0.05, 0) is 37.1 Å². The maximum atomic E-state index is 12.4. The molecule has 2 aromatic carbocycles. The topological polar surface area (TPSA) is 117 Å². The molecule has 1 N–H and O–H groups in total. The number of nitro benzene ring substituents is 1. The van der Waals surface area contributed by atoms with Crippen LogP contribution in [0.4, 0.5) is 5.69 Å². The molecule has 0 atom stereocenters. The average Bonchev–Trinajstić information content (AvgIpc) is 2.73. The lowest BCUT2D eigenvalue weighted by Crippen LogP contribution is -2.26. The number of nitrogens with one attached hydrogen (secondary N) is 1. The minimum Gasteiger partial charge on any atom is -0.493 e. The Morgan fingerprint density at radius 3 is 2.34 bits per heavy atom. The fourth-order valence-corrected chi connectivity index (χ4v) is 2.64. The summed E-state index contributed by atoms with van der Waals surface area (Å²) in [6.45, 7) is 2.02. The van der Waals surface area contributed by atoms with E-state index in [0.717, 1.165) is 17.7 Å². The summed E-state index contributed by atoms with van der Waals surface area (Å²) in [6, 6.07) is 8.89. The van der Waals surface area contributed by atoms with Gasteiger partial charge in [0.15, 0.2) is 11.5 Å². The van der Waals surface area contributed by atoms with Gasteiger partial charge in [0.25, 0.3) is 11.6 Å². The first-order chi connectivity index (χ1) is 13.9. The highest BCUT2D eigenvalue weighted by Gasteiger charge is 2.18. The van der Waals surface area contributed by atoms with Crippen LogP contribution in [-0.2, 0) is 11.2 Å². The fraction of sp³-hybridized carbons (Fsp3) is 0.300. The van der Waals surface area contributed by atoms with E-state index in [1.165, 1.54) is 13.2 Å². The number of rotatable bonds is 9. The van der Waals surface area contributed by atoms with Gasteiger partial charge < -0.3 is 19.5 Å².